The lowest BCUT2D eigenvalue weighted by Crippen LogP contribution is -2.43. The van der Waals surface area contributed by atoms with Gasteiger partial charge in [0.25, 0.3) is 5.56 Å². The predicted molar refractivity (Wildman–Crippen MR) is 155 cm³/mol. The smallest absolute Gasteiger partial charge is 0.263 e. The van der Waals surface area contributed by atoms with Gasteiger partial charge in [-0.3, -0.25) is 9.20 Å². The van der Waals surface area contributed by atoms with Crippen molar-refractivity contribution in [3.63, 3.8) is 0 Å². The molecule has 196 valence electrons. The Labute approximate surface area is 231 Å². The molecule has 2 aliphatic carbocycles. The van der Waals surface area contributed by atoms with E-state index in [0.717, 1.165) is 65.5 Å². The number of hydrogen-bond donors (Lipinski definition) is 0. The quantitative estimate of drug-likeness (QED) is 0.184. The van der Waals surface area contributed by atoms with Gasteiger partial charge in [0, 0.05) is 22.3 Å². The lowest BCUT2D eigenvalue weighted by molar-refractivity contribution is 0.284. The third-order valence-electron chi connectivity index (χ3n) is 8.18. The molecule has 6 nitrogen and oxygen atoms in total. The molecule has 2 aliphatic rings. The number of aromatic nitrogens is 4. The zero-order chi connectivity index (χ0) is 26.2. The van der Waals surface area contributed by atoms with Crippen molar-refractivity contribution in [3.05, 3.63) is 106 Å². The molecule has 0 aliphatic heterocycles. The number of thioether (sulfide) groups is 1. The molecular formula is C32H30N4O2S. The van der Waals surface area contributed by atoms with E-state index in [-0.39, 0.29) is 11.0 Å². The van der Waals surface area contributed by atoms with Gasteiger partial charge in [-0.15, -0.1) is 10.2 Å². The second-order valence-electron chi connectivity index (χ2n) is 10.5. The molecule has 0 radical (unpaired) electrons. The molecule has 0 amide bonds. The fourth-order valence-corrected chi connectivity index (χ4v) is 7.23. The predicted octanol–water partition coefficient (Wildman–Crippen LogP) is 6.48. The molecule has 0 N–H and O–H groups in total. The van der Waals surface area contributed by atoms with Crippen LogP contribution in [0.5, 0.6) is 5.75 Å². The van der Waals surface area contributed by atoms with Gasteiger partial charge in [0.15, 0.2) is 5.16 Å². The Morgan fingerprint density at radius 2 is 1.56 bits per heavy atom. The molecule has 0 bridgehead atoms. The van der Waals surface area contributed by atoms with Gasteiger partial charge in [0.1, 0.15) is 5.75 Å². The van der Waals surface area contributed by atoms with Crippen molar-refractivity contribution in [3.8, 4) is 22.7 Å². The van der Waals surface area contributed by atoms with Crippen molar-refractivity contribution in [2.45, 2.75) is 49.1 Å². The third kappa shape index (κ3) is 4.16. The van der Waals surface area contributed by atoms with E-state index in [1.807, 2.05) is 60.7 Å². The van der Waals surface area contributed by atoms with Gasteiger partial charge in [-0.05, 0) is 49.1 Å². The highest BCUT2D eigenvalue weighted by molar-refractivity contribution is 7.99. The topological polar surface area (TPSA) is 61.4 Å². The lowest BCUT2D eigenvalue weighted by atomic mass is 9.62. The van der Waals surface area contributed by atoms with Crippen LogP contribution in [0.4, 0.5) is 0 Å². The van der Waals surface area contributed by atoms with Gasteiger partial charge in [-0.2, -0.15) is 0 Å². The van der Waals surface area contributed by atoms with Gasteiger partial charge in [-0.1, -0.05) is 91.7 Å². The Balaban J connectivity index is 1.42. The second-order valence-corrected chi connectivity index (χ2v) is 11.6. The molecule has 1 fully saturated rings. The molecule has 0 saturated heterocycles. The van der Waals surface area contributed by atoms with Crippen LogP contribution in [-0.4, -0.2) is 31.5 Å². The Kier molecular flexibility index (Phi) is 6.24. The van der Waals surface area contributed by atoms with E-state index in [2.05, 4.69) is 38.9 Å². The standard InChI is InChI=1S/C32H30N4O2S/c37-29-27-28(26-17-9-8-12-23(26)22-32(27)18-10-3-11-19-32)36-30(35(29)24-13-4-1-5-14-24)33-34-31(36)39-21-20-38-25-15-6-2-7-16-25/h1-2,4-9,12-17H,3,10-11,18-22H2. The number of rotatable bonds is 6. The Hall–Kier alpha value is -3.84. The minimum absolute atomic E-state index is 0.0384. The van der Waals surface area contributed by atoms with Gasteiger partial charge in [0.2, 0.25) is 5.78 Å². The van der Waals surface area contributed by atoms with Gasteiger partial charge >= 0.3 is 0 Å². The summed E-state index contributed by atoms with van der Waals surface area (Å²) in [5.74, 6) is 2.12. The van der Waals surface area contributed by atoms with E-state index >= 15 is 0 Å². The fourth-order valence-electron chi connectivity index (χ4n) is 6.48. The molecule has 0 atom stereocenters. The lowest BCUT2D eigenvalue weighted by Gasteiger charge is -2.42. The summed E-state index contributed by atoms with van der Waals surface area (Å²) in [6.07, 6.45) is 6.47. The van der Waals surface area contributed by atoms with Crippen molar-refractivity contribution in [1.82, 2.24) is 19.2 Å². The maximum absolute atomic E-state index is 14.6. The highest BCUT2D eigenvalue weighted by Crippen LogP contribution is 2.49. The van der Waals surface area contributed by atoms with E-state index in [0.29, 0.717) is 18.1 Å². The fraction of sp³-hybridized carbons (Fsp3) is 0.281. The van der Waals surface area contributed by atoms with Crippen molar-refractivity contribution in [1.29, 1.82) is 0 Å². The van der Waals surface area contributed by atoms with E-state index < -0.39 is 0 Å². The Morgan fingerprint density at radius 1 is 0.846 bits per heavy atom. The van der Waals surface area contributed by atoms with Crippen LogP contribution in [0, 0.1) is 0 Å². The van der Waals surface area contributed by atoms with E-state index in [1.165, 1.54) is 12.0 Å². The molecule has 39 heavy (non-hydrogen) atoms. The maximum atomic E-state index is 14.6. The highest BCUT2D eigenvalue weighted by Gasteiger charge is 2.44. The molecule has 2 aromatic heterocycles. The molecule has 7 rings (SSSR count). The van der Waals surface area contributed by atoms with Crippen molar-refractivity contribution < 1.29 is 4.74 Å². The molecule has 7 heteroatoms. The maximum Gasteiger partial charge on any atom is 0.263 e. The molecule has 1 saturated carbocycles. The van der Waals surface area contributed by atoms with E-state index in [4.69, 9.17) is 4.74 Å². The molecular weight excluding hydrogens is 504 g/mol. The van der Waals surface area contributed by atoms with Crippen LogP contribution in [0.1, 0.15) is 43.2 Å². The largest absolute Gasteiger partial charge is 0.493 e. The average molecular weight is 535 g/mol. The first-order valence-electron chi connectivity index (χ1n) is 13.7. The monoisotopic (exact) mass is 534 g/mol. The first kappa shape index (κ1) is 24.2. The molecule has 0 unspecified atom stereocenters. The first-order chi connectivity index (χ1) is 19.3. The van der Waals surface area contributed by atoms with Crippen LogP contribution >= 0.6 is 11.8 Å². The summed E-state index contributed by atoms with van der Waals surface area (Å²) in [7, 11) is 0. The van der Waals surface area contributed by atoms with Crippen LogP contribution < -0.4 is 10.3 Å². The number of hydrogen-bond acceptors (Lipinski definition) is 5. The van der Waals surface area contributed by atoms with Crippen LogP contribution in [0.2, 0.25) is 0 Å². The number of benzene rings is 3. The van der Waals surface area contributed by atoms with Crippen LogP contribution in [0.3, 0.4) is 0 Å². The normalized spacial score (nSPS) is 15.7. The molecule has 3 aromatic carbocycles. The number of ether oxygens (including phenoxy) is 1. The molecule has 5 aromatic rings. The van der Waals surface area contributed by atoms with Crippen LogP contribution in [0.25, 0.3) is 22.7 Å². The average Bonchev–Trinajstić information content (AvgIpc) is 3.40. The Morgan fingerprint density at radius 3 is 2.36 bits per heavy atom. The second kappa shape index (κ2) is 10.0. The summed E-state index contributed by atoms with van der Waals surface area (Å²) < 4.78 is 9.88. The molecule has 1 spiro atoms. The van der Waals surface area contributed by atoms with E-state index in [1.54, 1.807) is 16.3 Å². The number of fused-ring (bicyclic) bond motifs is 6. The zero-order valence-electron chi connectivity index (χ0n) is 21.8. The minimum atomic E-state index is -0.174. The summed E-state index contributed by atoms with van der Waals surface area (Å²) in [4.78, 5) is 14.6. The van der Waals surface area contributed by atoms with Crippen LogP contribution in [0.15, 0.2) is 94.9 Å². The van der Waals surface area contributed by atoms with Crippen molar-refractivity contribution >= 4 is 17.5 Å². The summed E-state index contributed by atoms with van der Waals surface area (Å²) in [5, 5.41) is 10.0. The summed E-state index contributed by atoms with van der Waals surface area (Å²) in [6, 6.07) is 28.3. The zero-order valence-corrected chi connectivity index (χ0v) is 22.6. The number of nitrogens with zero attached hydrogens (tertiary/aromatic N) is 4. The summed E-state index contributed by atoms with van der Waals surface area (Å²) >= 11 is 1.62. The van der Waals surface area contributed by atoms with Gasteiger partial charge < -0.3 is 4.74 Å². The summed E-state index contributed by atoms with van der Waals surface area (Å²) in [6.45, 7) is 0.546. The van der Waals surface area contributed by atoms with Gasteiger partial charge in [0.05, 0.1) is 18.0 Å². The first-order valence-corrected chi connectivity index (χ1v) is 14.7. The summed E-state index contributed by atoms with van der Waals surface area (Å²) in [5.41, 5.74) is 5.01. The third-order valence-corrected chi connectivity index (χ3v) is 9.07. The van der Waals surface area contributed by atoms with Crippen molar-refractivity contribution in [2.24, 2.45) is 0 Å². The van der Waals surface area contributed by atoms with Gasteiger partial charge in [-0.25, -0.2) is 4.57 Å². The number of para-hydroxylation sites is 2. The SMILES string of the molecule is O=c1c2c(n3c(SCCOc4ccccc4)nnc3n1-c1ccccc1)-c1ccccc1CC21CCCCC1. The minimum Gasteiger partial charge on any atom is -0.493 e. The Bertz CT molecular complexity index is 1690. The van der Waals surface area contributed by atoms with Crippen molar-refractivity contribution in [2.75, 3.05) is 12.4 Å². The molecule has 2 heterocycles. The van der Waals surface area contributed by atoms with E-state index in [9.17, 15) is 4.79 Å². The van der Waals surface area contributed by atoms with Crippen LogP contribution in [-0.2, 0) is 11.8 Å². The highest BCUT2D eigenvalue weighted by atomic mass is 32.2.